The summed E-state index contributed by atoms with van der Waals surface area (Å²) in [6.07, 6.45) is 3.99. The van der Waals surface area contributed by atoms with E-state index in [4.69, 9.17) is 4.74 Å². The minimum absolute atomic E-state index is 0.0625. The molecule has 31 heavy (non-hydrogen) atoms. The molecule has 0 saturated carbocycles. The molecule has 0 saturated heterocycles. The second-order valence-corrected chi connectivity index (χ2v) is 8.78. The number of thioether (sulfide) groups is 1. The van der Waals surface area contributed by atoms with Gasteiger partial charge in [-0.3, -0.25) is 9.36 Å². The summed E-state index contributed by atoms with van der Waals surface area (Å²) >= 11 is 3.12. The fourth-order valence-electron chi connectivity index (χ4n) is 2.95. The third-order valence-corrected chi connectivity index (χ3v) is 6.45. The van der Waals surface area contributed by atoms with Gasteiger partial charge in [0.15, 0.2) is 5.16 Å². The van der Waals surface area contributed by atoms with E-state index in [1.54, 1.807) is 25.1 Å². The molecule has 4 rings (SSSR count). The van der Waals surface area contributed by atoms with E-state index in [0.717, 1.165) is 38.5 Å². The Balaban J connectivity index is 1.34. The number of methoxy groups -OCH3 is 1. The van der Waals surface area contributed by atoms with Crippen LogP contribution >= 0.6 is 23.1 Å². The lowest BCUT2D eigenvalue weighted by Gasteiger charge is -2.08. The average Bonchev–Trinajstić information content (AvgIpc) is 3.43. The van der Waals surface area contributed by atoms with E-state index in [1.807, 2.05) is 71.6 Å². The van der Waals surface area contributed by atoms with Crippen molar-refractivity contribution in [1.82, 2.24) is 14.5 Å². The maximum absolute atomic E-state index is 12.3. The molecule has 0 spiro atoms. The molecule has 0 atom stereocenters. The number of benzene rings is 2. The van der Waals surface area contributed by atoms with Gasteiger partial charge in [-0.1, -0.05) is 29.5 Å². The zero-order valence-corrected chi connectivity index (χ0v) is 18.9. The second-order valence-electron chi connectivity index (χ2n) is 6.89. The molecule has 0 radical (unpaired) electrons. The van der Waals surface area contributed by atoms with E-state index >= 15 is 0 Å². The van der Waals surface area contributed by atoms with Crippen molar-refractivity contribution in [3.05, 3.63) is 82.6 Å². The molecule has 4 aromatic rings. The first-order valence-corrected chi connectivity index (χ1v) is 11.6. The molecule has 2 aromatic heterocycles. The van der Waals surface area contributed by atoms with Gasteiger partial charge in [0, 0.05) is 34.9 Å². The Labute approximate surface area is 189 Å². The number of anilines is 1. The molecule has 6 nitrogen and oxygen atoms in total. The van der Waals surface area contributed by atoms with Crippen LogP contribution in [-0.2, 0) is 17.0 Å². The molecule has 0 aliphatic heterocycles. The summed E-state index contributed by atoms with van der Waals surface area (Å²) in [5.41, 5.74) is 3.92. The summed E-state index contributed by atoms with van der Waals surface area (Å²) in [5, 5.41) is 6.61. The third kappa shape index (κ3) is 5.53. The first-order chi connectivity index (χ1) is 15.1. The lowest BCUT2D eigenvalue weighted by Crippen LogP contribution is -2.14. The van der Waals surface area contributed by atoms with Crippen LogP contribution in [0, 0.1) is 6.92 Å². The first kappa shape index (κ1) is 21.1. The zero-order valence-electron chi connectivity index (χ0n) is 17.2. The molecular formula is C23H22N4O2S2. The SMILES string of the molecule is COc1ccc(-n2ccnc2SCc2csc(CC(=O)Nc3ccc(C)cc3)n2)cc1. The molecule has 1 N–H and O–H groups in total. The Morgan fingerprint density at radius 3 is 2.68 bits per heavy atom. The van der Waals surface area contributed by atoms with Gasteiger partial charge in [-0.2, -0.15) is 0 Å². The normalized spacial score (nSPS) is 10.8. The predicted molar refractivity (Wildman–Crippen MR) is 125 cm³/mol. The highest BCUT2D eigenvalue weighted by molar-refractivity contribution is 7.98. The number of thiazole rings is 1. The van der Waals surface area contributed by atoms with E-state index in [0.29, 0.717) is 5.75 Å². The maximum Gasteiger partial charge on any atom is 0.231 e. The minimum Gasteiger partial charge on any atom is -0.497 e. The molecule has 0 aliphatic carbocycles. The van der Waals surface area contributed by atoms with E-state index in [-0.39, 0.29) is 12.3 Å². The molecule has 8 heteroatoms. The van der Waals surface area contributed by atoms with Gasteiger partial charge >= 0.3 is 0 Å². The van der Waals surface area contributed by atoms with Gasteiger partial charge < -0.3 is 10.1 Å². The highest BCUT2D eigenvalue weighted by Gasteiger charge is 2.11. The number of hydrogen-bond donors (Lipinski definition) is 1. The highest BCUT2D eigenvalue weighted by Crippen LogP contribution is 2.26. The van der Waals surface area contributed by atoms with Crippen LogP contribution in [0.5, 0.6) is 5.75 Å². The number of hydrogen-bond acceptors (Lipinski definition) is 6. The Bertz CT molecular complexity index is 1150. The van der Waals surface area contributed by atoms with Crippen LogP contribution in [-0.4, -0.2) is 27.6 Å². The number of ether oxygens (including phenoxy) is 1. The van der Waals surface area contributed by atoms with Crippen molar-refractivity contribution < 1.29 is 9.53 Å². The molecule has 0 fully saturated rings. The van der Waals surface area contributed by atoms with Gasteiger partial charge in [0.2, 0.25) is 5.91 Å². The van der Waals surface area contributed by atoms with Crippen molar-refractivity contribution in [3.63, 3.8) is 0 Å². The third-order valence-electron chi connectivity index (χ3n) is 4.55. The summed E-state index contributed by atoms with van der Waals surface area (Å²) in [7, 11) is 1.65. The molecule has 1 amide bonds. The van der Waals surface area contributed by atoms with Crippen molar-refractivity contribution in [3.8, 4) is 11.4 Å². The molecule has 2 aromatic carbocycles. The number of carbonyl (C=O) groups excluding carboxylic acids is 1. The van der Waals surface area contributed by atoms with Crippen molar-refractivity contribution in [1.29, 1.82) is 0 Å². The van der Waals surface area contributed by atoms with Crippen LogP contribution in [0.15, 0.2) is 71.5 Å². The van der Waals surface area contributed by atoms with Gasteiger partial charge in [0.05, 0.1) is 19.2 Å². The number of imidazole rings is 1. The summed E-state index contributed by atoms with van der Waals surface area (Å²) in [5.74, 6) is 1.44. The zero-order chi connectivity index (χ0) is 21.6. The molecule has 0 unspecified atom stereocenters. The van der Waals surface area contributed by atoms with Crippen LogP contribution in [0.25, 0.3) is 5.69 Å². The first-order valence-electron chi connectivity index (χ1n) is 9.71. The van der Waals surface area contributed by atoms with E-state index < -0.39 is 0 Å². The summed E-state index contributed by atoms with van der Waals surface area (Å²) in [4.78, 5) is 21.4. The molecule has 158 valence electrons. The molecule has 0 bridgehead atoms. The molecule has 2 heterocycles. The Kier molecular flexibility index (Phi) is 6.69. The fourth-order valence-corrected chi connectivity index (χ4v) is 4.71. The summed E-state index contributed by atoms with van der Waals surface area (Å²) in [6.45, 7) is 2.02. The van der Waals surface area contributed by atoms with Gasteiger partial charge in [0.1, 0.15) is 10.8 Å². The van der Waals surface area contributed by atoms with E-state index in [2.05, 4.69) is 15.3 Å². The lowest BCUT2D eigenvalue weighted by molar-refractivity contribution is -0.115. The number of carbonyl (C=O) groups is 1. The van der Waals surface area contributed by atoms with Crippen molar-refractivity contribution in [2.75, 3.05) is 12.4 Å². The Morgan fingerprint density at radius 1 is 1.16 bits per heavy atom. The van der Waals surface area contributed by atoms with Crippen molar-refractivity contribution in [2.24, 2.45) is 0 Å². The second kappa shape index (κ2) is 9.80. The minimum atomic E-state index is -0.0625. The highest BCUT2D eigenvalue weighted by atomic mass is 32.2. The number of nitrogens with one attached hydrogen (secondary N) is 1. The van der Waals surface area contributed by atoms with Gasteiger partial charge in [0.25, 0.3) is 0 Å². The summed E-state index contributed by atoms with van der Waals surface area (Å²) in [6, 6.07) is 15.6. The van der Waals surface area contributed by atoms with Crippen LogP contribution < -0.4 is 10.1 Å². The monoisotopic (exact) mass is 450 g/mol. The van der Waals surface area contributed by atoms with Crippen LogP contribution in [0.4, 0.5) is 5.69 Å². The fraction of sp³-hybridized carbons (Fsp3) is 0.174. The Morgan fingerprint density at radius 2 is 1.94 bits per heavy atom. The maximum atomic E-state index is 12.3. The summed E-state index contributed by atoms with van der Waals surface area (Å²) < 4.78 is 7.26. The smallest absolute Gasteiger partial charge is 0.231 e. The van der Waals surface area contributed by atoms with Gasteiger partial charge in [-0.15, -0.1) is 11.3 Å². The topological polar surface area (TPSA) is 69.0 Å². The number of rotatable bonds is 8. The number of aromatic nitrogens is 3. The quantitative estimate of drug-likeness (QED) is 0.377. The van der Waals surface area contributed by atoms with E-state index in [1.165, 1.54) is 11.3 Å². The van der Waals surface area contributed by atoms with Crippen LogP contribution in [0.2, 0.25) is 0 Å². The molecular weight excluding hydrogens is 428 g/mol. The van der Waals surface area contributed by atoms with Gasteiger partial charge in [-0.25, -0.2) is 9.97 Å². The van der Waals surface area contributed by atoms with Crippen molar-refractivity contribution in [2.45, 2.75) is 24.3 Å². The largest absolute Gasteiger partial charge is 0.497 e. The van der Waals surface area contributed by atoms with Gasteiger partial charge in [-0.05, 0) is 43.3 Å². The number of amides is 1. The van der Waals surface area contributed by atoms with E-state index in [9.17, 15) is 4.79 Å². The standard InChI is InChI=1S/C23H22N4O2S2/c1-16-3-5-17(6-4-16)25-21(28)13-22-26-18(14-30-22)15-31-23-24-11-12-27(23)19-7-9-20(29-2)10-8-19/h3-12,14H,13,15H2,1-2H3,(H,25,28). The Hall–Kier alpha value is -3.10. The molecule has 0 aliphatic rings. The number of nitrogens with zero attached hydrogens (tertiary/aromatic N) is 3. The predicted octanol–water partition coefficient (Wildman–Crippen LogP) is 5.12. The van der Waals surface area contributed by atoms with Crippen LogP contribution in [0.1, 0.15) is 16.3 Å². The average molecular weight is 451 g/mol. The lowest BCUT2D eigenvalue weighted by atomic mass is 10.2. The van der Waals surface area contributed by atoms with Crippen molar-refractivity contribution >= 4 is 34.7 Å². The van der Waals surface area contributed by atoms with Crippen LogP contribution in [0.3, 0.4) is 0 Å². The number of aryl methyl sites for hydroxylation is 1.